The van der Waals surface area contributed by atoms with Gasteiger partial charge < -0.3 is 25.9 Å². The molecule has 0 aliphatic heterocycles. The van der Waals surface area contributed by atoms with Crippen LogP contribution in [0.25, 0.3) is 0 Å². The Morgan fingerprint density at radius 3 is 1.15 bits per heavy atom. The van der Waals surface area contributed by atoms with Crippen LogP contribution in [0.3, 0.4) is 0 Å². The second kappa shape index (κ2) is 40.5. The van der Waals surface area contributed by atoms with E-state index in [-0.39, 0.29) is 27.3 Å². The number of aliphatic carboxylic acids is 1. The minimum absolute atomic E-state index is 0. The Morgan fingerprint density at radius 1 is 1.08 bits per heavy atom. The van der Waals surface area contributed by atoms with Gasteiger partial charge in [-0.15, -0.1) is 0 Å². The third-order valence-electron chi connectivity index (χ3n) is 0.365. The zero-order chi connectivity index (χ0) is 11.2. The molecular weight excluding hydrogens is 200 g/mol. The molecule has 1 radical (unpaired) electrons. The van der Waals surface area contributed by atoms with Crippen LogP contribution in [-0.4, -0.2) is 11.1 Å². The monoisotopic (exact) mass is 221 g/mol. The largest absolute Gasteiger partial charge is 3.00 e. The van der Waals surface area contributed by atoms with E-state index in [1.807, 2.05) is 0 Å². The number of carboxylic acid groups (broad SMARTS) is 1. The van der Waals surface area contributed by atoms with E-state index in [1.54, 1.807) is 20.8 Å². The molecule has 0 aromatic rings. The fraction of sp³-hybridized carbons (Fsp3) is 0.400. The smallest absolute Gasteiger partial charge is 0.478 e. The van der Waals surface area contributed by atoms with E-state index in [4.69, 9.17) is 5.11 Å². The van der Waals surface area contributed by atoms with Crippen LogP contribution in [0.15, 0.2) is 12.2 Å². The summed E-state index contributed by atoms with van der Waals surface area (Å²) in [6, 6.07) is 0. The molecular formula is C10H21O2Ti. The molecule has 0 amide bonds. The van der Waals surface area contributed by atoms with E-state index in [0.717, 1.165) is 0 Å². The van der Waals surface area contributed by atoms with Crippen molar-refractivity contribution >= 4 is 5.97 Å². The van der Waals surface area contributed by atoms with Crippen LogP contribution in [0.1, 0.15) is 27.7 Å². The first-order valence-corrected chi connectivity index (χ1v) is 3.65. The van der Waals surface area contributed by atoms with Crippen molar-refractivity contribution in [2.45, 2.75) is 27.7 Å². The van der Waals surface area contributed by atoms with E-state index in [9.17, 15) is 4.79 Å². The van der Waals surface area contributed by atoms with Crippen molar-refractivity contribution in [2.75, 3.05) is 0 Å². The van der Waals surface area contributed by atoms with Gasteiger partial charge in [-0.05, 0) is 6.92 Å². The Labute approximate surface area is 98.3 Å². The Hall–Kier alpha value is -0.0757. The van der Waals surface area contributed by atoms with Crippen LogP contribution >= 0.6 is 0 Å². The fourth-order valence-corrected chi connectivity index (χ4v) is 0. The molecule has 0 aliphatic carbocycles. The molecule has 0 unspecified atom stereocenters. The normalized spacial score (nSPS) is 4.85. The van der Waals surface area contributed by atoms with Crippen molar-refractivity contribution in [3.63, 3.8) is 0 Å². The molecule has 0 fully saturated rings. The fourth-order valence-electron chi connectivity index (χ4n) is 0. The number of hydrogen-bond donors (Lipinski definition) is 1. The summed E-state index contributed by atoms with van der Waals surface area (Å²) in [5, 5.41) is 7.89. The molecule has 2 nitrogen and oxygen atoms in total. The minimum Gasteiger partial charge on any atom is -0.478 e. The molecule has 0 aromatic heterocycles. The number of hydrogen-bond acceptors (Lipinski definition) is 1. The van der Waals surface area contributed by atoms with Gasteiger partial charge in [-0.1, -0.05) is 6.58 Å². The van der Waals surface area contributed by atoms with Gasteiger partial charge in [-0.3, -0.25) is 0 Å². The van der Waals surface area contributed by atoms with Crippen LogP contribution in [-0.2, 0) is 26.5 Å². The van der Waals surface area contributed by atoms with E-state index in [0.29, 0.717) is 0 Å². The molecule has 77 valence electrons. The van der Waals surface area contributed by atoms with Crippen molar-refractivity contribution in [3.8, 4) is 0 Å². The molecule has 0 bridgehead atoms. The Kier molecular flexibility index (Phi) is 91.3. The average Bonchev–Trinajstić information content (AvgIpc) is 2.14. The SMILES string of the molecule is C=C(C)C(=O)O.[CH2-]C.[CH2-]C.[CH2-]C.[Ti+3]. The molecule has 0 heterocycles. The Morgan fingerprint density at radius 2 is 1.15 bits per heavy atom. The third-order valence-corrected chi connectivity index (χ3v) is 0.365. The first-order valence-electron chi connectivity index (χ1n) is 3.65. The van der Waals surface area contributed by atoms with Crippen LogP contribution in [0.4, 0.5) is 0 Å². The summed E-state index contributed by atoms with van der Waals surface area (Å²) in [4.78, 5) is 9.60. The zero-order valence-electron chi connectivity index (χ0n) is 9.18. The molecule has 0 aromatic carbocycles. The average molecular weight is 221 g/mol. The number of carboxylic acids is 1. The quantitative estimate of drug-likeness (QED) is 0.419. The maximum Gasteiger partial charge on any atom is 3.00 e. The molecule has 0 atom stereocenters. The second-order valence-electron chi connectivity index (χ2n) is 1.09. The van der Waals surface area contributed by atoms with E-state index in [2.05, 4.69) is 27.4 Å². The standard InChI is InChI=1S/C4H6O2.3C2H5.Ti/c1-3(2)4(5)6;3*1-2;/h1H2,2H3,(H,5,6);3*1H2,2H3;/q;3*-1;+3. The van der Waals surface area contributed by atoms with E-state index < -0.39 is 5.97 Å². The van der Waals surface area contributed by atoms with Crippen LogP contribution in [0.5, 0.6) is 0 Å². The van der Waals surface area contributed by atoms with Gasteiger partial charge in [0.1, 0.15) is 0 Å². The van der Waals surface area contributed by atoms with Gasteiger partial charge in [0.2, 0.25) is 0 Å². The third kappa shape index (κ3) is 76.3. The van der Waals surface area contributed by atoms with Crippen molar-refractivity contribution in [3.05, 3.63) is 32.9 Å². The van der Waals surface area contributed by atoms with Crippen molar-refractivity contribution < 1.29 is 31.6 Å². The molecule has 0 spiro atoms. The number of rotatable bonds is 1. The molecule has 0 rings (SSSR count). The zero-order valence-corrected chi connectivity index (χ0v) is 10.7. The van der Waals surface area contributed by atoms with Gasteiger partial charge in [0, 0.05) is 5.57 Å². The van der Waals surface area contributed by atoms with Crippen LogP contribution in [0.2, 0.25) is 0 Å². The van der Waals surface area contributed by atoms with Crippen LogP contribution < -0.4 is 0 Å². The van der Waals surface area contributed by atoms with Crippen LogP contribution in [0, 0.1) is 20.8 Å². The summed E-state index contributed by atoms with van der Waals surface area (Å²) in [7, 11) is 0. The van der Waals surface area contributed by atoms with Gasteiger partial charge in [0.25, 0.3) is 0 Å². The summed E-state index contributed by atoms with van der Waals surface area (Å²) in [5.41, 5.74) is 0.176. The number of carbonyl (C=O) groups is 1. The van der Waals surface area contributed by atoms with Gasteiger partial charge in [-0.2, -0.15) is 20.8 Å². The predicted molar refractivity (Wildman–Crippen MR) is 55.5 cm³/mol. The summed E-state index contributed by atoms with van der Waals surface area (Å²) >= 11 is 0. The van der Waals surface area contributed by atoms with E-state index >= 15 is 0 Å². The van der Waals surface area contributed by atoms with E-state index in [1.165, 1.54) is 6.92 Å². The topological polar surface area (TPSA) is 37.3 Å². The summed E-state index contributed by atoms with van der Waals surface area (Å²) in [6.45, 7) is 19.6. The second-order valence-corrected chi connectivity index (χ2v) is 1.09. The summed E-state index contributed by atoms with van der Waals surface area (Å²) in [6.07, 6.45) is 0. The Bertz CT molecular complexity index is 78.9. The molecule has 0 aliphatic rings. The van der Waals surface area contributed by atoms with Gasteiger partial charge in [-0.25, -0.2) is 4.79 Å². The first kappa shape index (κ1) is 29.3. The molecule has 1 N–H and O–H groups in total. The summed E-state index contributed by atoms with van der Waals surface area (Å²) in [5.74, 6) is -0.935. The Balaban J connectivity index is -0.0000000263. The van der Waals surface area contributed by atoms with Gasteiger partial charge in [0.05, 0.1) is 0 Å². The molecule has 13 heavy (non-hydrogen) atoms. The summed E-state index contributed by atoms with van der Waals surface area (Å²) < 4.78 is 0. The molecule has 0 saturated heterocycles. The maximum atomic E-state index is 9.60. The van der Waals surface area contributed by atoms with Crippen molar-refractivity contribution in [1.29, 1.82) is 0 Å². The van der Waals surface area contributed by atoms with Gasteiger partial charge >= 0.3 is 27.7 Å². The minimum atomic E-state index is -0.935. The molecule has 3 heteroatoms. The molecule has 0 saturated carbocycles. The predicted octanol–water partition coefficient (Wildman–Crippen LogP) is 3.17. The van der Waals surface area contributed by atoms with Gasteiger partial charge in [0.15, 0.2) is 0 Å². The maximum absolute atomic E-state index is 9.60. The van der Waals surface area contributed by atoms with Crippen molar-refractivity contribution in [2.24, 2.45) is 0 Å². The first-order chi connectivity index (χ1) is 5.64. The van der Waals surface area contributed by atoms with Crippen molar-refractivity contribution in [1.82, 2.24) is 0 Å².